The van der Waals surface area contributed by atoms with Gasteiger partial charge in [0.2, 0.25) is 0 Å². The molecule has 1 N–H and O–H groups in total. The molecule has 158 valence electrons. The van der Waals surface area contributed by atoms with E-state index in [1.54, 1.807) is 10.8 Å². The molecule has 0 atom stereocenters. The predicted octanol–water partition coefficient (Wildman–Crippen LogP) is 4.84. The van der Waals surface area contributed by atoms with Crippen LogP contribution in [0.3, 0.4) is 0 Å². The fourth-order valence-corrected chi connectivity index (χ4v) is 2.75. The molecular formula is C22H31FN4O2. The van der Waals surface area contributed by atoms with E-state index in [1.165, 1.54) is 12.1 Å². The molecule has 0 aliphatic rings. The average Bonchev–Trinajstić information content (AvgIpc) is 2.93. The molecule has 0 saturated carbocycles. The van der Waals surface area contributed by atoms with Gasteiger partial charge in [0.25, 0.3) is 0 Å². The van der Waals surface area contributed by atoms with Crippen molar-refractivity contribution >= 4 is 12.2 Å². The van der Waals surface area contributed by atoms with Gasteiger partial charge in [0, 0.05) is 18.5 Å². The number of nitrogens with one attached hydrogen (secondary N) is 1. The third-order valence-corrected chi connectivity index (χ3v) is 3.81. The monoisotopic (exact) mass is 402 g/mol. The first-order valence-electron chi connectivity index (χ1n) is 9.70. The molecule has 0 fully saturated rings. The number of ether oxygens (including phenoxy) is 1. The van der Waals surface area contributed by atoms with Crippen molar-refractivity contribution in [2.45, 2.75) is 60.1 Å². The van der Waals surface area contributed by atoms with Gasteiger partial charge in [0.1, 0.15) is 11.4 Å². The zero-order valence-corrected chi connectivity index (χ0v) is 18.2. The van der Waals surface area contributed by atoms with Crippen molar-refractivity contribution in [3.05, 3.63) is 42.0 Å². The predicted molar refractivity (Wildman–Crippen MR) is 113 cm³/mol. The highest BCUT2D eigenvalue weighted by Crippen LogP contribution is 2.24. The van der Waals surface area contributed by atoms with Crippen molar-refractivity contribution in [3.63, 3.8) is 0 Å². The van der Waals surface area contributed by atoms with Crippen LogP contribution < -0.4 is 5.32 Å². The Morgan fingerprint density at radius 2 is 1.93 bits per heavy atom. The molecule has 2 rings (SSSR count). The first-order valence-corrected chi connectivity index (χ1v) is 9.70. The normalized spacial score (nSPS) is 12.0. The number of carbonyl (C=O) groups is 1. The standard InChI is InChI=1S/C22H31FN4O2/c1-8-15-11-16(13-17(23)12-15)19-25-18(14-21(2,3)4)26-27(19)10-9-24-20(28)29-22(5,6)7/h8,11-13H,1,9-10,14H2,2-7H3,(H,24,28). The lowest BCUT2D eigenvalue weighted by atomic mass is 9.92. The first kappa shape index (κ1) is 22.6. The van der Waals surface area contributed by atoms with Crippen LogP contribution in [0.15, 0.2) is 24.8 Å². The van der Waals surface area contributed by atoms with E-state index in [9.17, 15) is 9.18 Å². The van der Waals surface area contributed by atoms with Crippen molar-refractivity contribution < 1.29 is 13.9 Å². The molecule has 1 aromatic heterocycles. The summed E-state index contributed by atoms with van der Waals surface area (Å²) in [4.78, 5) is 16.5. The fraction of sp³-hybridized carbons (Fsp3) is 0.500. The molecule has 0 unspecified atom stereocenters. The quantitative estimate of drug-likeness (QED) is 0.751. The number of benzene rings is 1. The summed E-state index contributed by atoms with van der Waals surface area (Å²) in [6.07, 6.45) is 1.78. The number of carbonyl (C=O) groups excluding carboxylic acids is 1. The maximum atomic E-state index is 14.0. The van der Waals surface area contributed by atoms with Crippen LogP contribution in [0.1, 0.15) is 52.9 Å². The minimum absolute atomic E-state index is 0.00638. The minimum atomic E-state index is -0.564. The molecule has 0 aliphatic carbocycles. The van der Waals surface area contributed by atoms with E-state index in [0.717, 1.165) is 0 Å². The van der Waals surface area contributed by atoms with E-state index >= 15 is 0 Å². The van der Waals surface area contributed by atoms with Gasteiger partial charge in [-0.05, 0) is 49.9 Å². The molecule has 2 aromatic rings. The van der Waals surface area contributed by atoms with Gasteiger partial charge in [0.15, 0.2) is 11.6 Å². The molecule has 0 spiro atoms. The molecule has 1 heterocycles. The molecular weight excluding hydrogens is 371 g/mol. The van der Waals surface area contributed by atoms with Crippen LogP contribution in [0.2, 0.25) is 0 Å². The number of alkyl carbamates (subject to hydrolysis) is 1. The van der Waals surface area contributed by atoms with Crippen LogP contribution in [0.4, 0.5) is 9.18 Å². The summed E-state index contributed by atoms with van der Waals surface area (Å²) in [6, 6.07) is 4.66. The third kappa shape index (κ3) is 7.33. The first-order chi connectivity index (χ1) is 13.4. The van der Waals surface area contributed by atoms with Crippen LogP contribution in [-0.4, -0.2) is 33.0 Å². The Morgan fingerprint density at radius 1 is 1.24 bits per heavy atom. The van der Waals surface area contributed by atoms with E-state index in [4.69, 9.17) is 4.74 Å². The average molecular weight is 403 g/mol. The van der Waals surface area contributed by atoms with Crippen LogP contribution >= 0.6 is 0 Å². The van der Waals surface area contributed by atoms with Crippen LogP contribution in [0.5, 0.6) is 0 Å². The van der Waals surface area contributed by atoms with E-state index < -0.39 is 11.7 Å². The maximum absolute atomic E-state index is 14.0. The van der Waals surface area contributed by atoms with E-state index in [1.807, 2.05) is 26.8 Å². The van der Waals surface area contributed by atoms with Crippen molar-refractivity contribution in [3.8, 4) is 11.4 Å². The molecule has 29 heavy (non-hydrogen) atoms. The minimum Gasteiger partial charge on any atom is -0.444 e. The summed E-state index contributed by atoms with van der Waals surface area (Å²) in [5, 5.41) is 7.31. The summed E-state index contributed by atoms with van der Waals surface area (Å²) in [5.41, 5.74) is 0.723. The lowest BCUT2D eigenvalue weighted by Gasteiger charge is -2.19. The Kier molecular flexibility index (Phi) is 6.82. The van der Waals surface area contributed by atoms with Crippen molar-refractivity contribution in [2.75, 3.05) is 6.54 Å². The summed E-state index contributed by atoms with van der Waals surface area (Å²) in [6.45, 7) is 16.1. The van der Waals surface area contributed by atoms with Gasteiger partial charge in [-0.25, -0.2) is 18.9 Å². The summed E-state index contributed by atoms with van der Waals surface area (Å²) in [5.74, 6) is 0.864. The number of hydrogen-bond acceptors (Lipinski definition) is 4. The maximum Gasteiger partial charge on any atom is 0.407 e. The van der Waals surface area contributed by atoms with Gasteiger partial charge >= 0.3 is 6.09 Å². The number of aromatic nitrogens is 3. The molecule has 6 nitrogen and oxygen atoms in total. The lowest BCUT2D eigenvalue weighted by Crippen LogP contribution is -2.34. The summed E-state index contributed by atoms with van der Waals surface area (Å²) < 4.78 is 21.0. The second-order valence-electron chi connectivity index (χ2n) is 9.22. The third-order valence-electron chi connectivity index (χ3n) is 3.81. The fourth-order valence-electron chi connectivity index (χ4n) is 2.75. The summed E-state index contributed by atoms with van der Waals surface area (Å²) in [7, 11) is 0. The molecule has 0 radical (unpaired) electrons. The molecule has 0 saturated heterocycles. The SMILES string of the molecule is C=Cc1cc(F)cc(-c2nc(CC(C)(C)C)nn2CCNC(=O)OC(C)(C)C)c1. The highest BCUT2D eigenvalue weighted by Gasteiger charge is 2.20. The Hall–Kier alpha value is -2.70. The van der Waals surface area contributed by atoms with E-state index in [0.29, 0.717) is 42.3 Å². The molecule has 0 bridgehead atoms. The lowest BCUT2D eigenvalue weighted by molar-refractivity contribution is 0.0525. The van der Waals surface area contributed by atoms with Crippen molar-refractivity contribution in [1.29, 1.82) is 0 Å². The van der Waals surface area contributed by atoms with Crippen molar-refractivity contribution in [1.82, 2.24) is 20.1 Å². The Bertz CT molecular complexity index is 876. The second-order valence-corrected chi connectivity index (χ2v) is 9.22. The number of amides is 1. The van der Waals surface area contributed by atoms with E-state index in [2.05, 4.69) is 42.7 Å². The van der Waals surface area contributed by atoms with Gasteiger partial charge in [0.05, 0.1) is 6.54 Å². The van der Waals surface area contributed by atoms with Gasteiger partial charge in [-0.15, -0.1) is 0 Å². The second kappa shape index (κ2) is 8.76. The Labute approximate surface area is 172 Å². The van der Waals surface area contributed by atoms with Crippen molar-refractivity contribution in [2.24, 2.45) is 5.41 Å². The molecule has 0 aliphatic heterocycles. The van der Waals surface area contributed by atoms with Crippen LogP contribution in [0, 0.1) is 11.2 Å². The molecule has 7 heteroatoms. The topological polar surface area (TPSA) is 69.0 Å². The number of nitrogens with zero attached hydrogens (tertiary/aromatic N) is 3. The van der Waals surface area contributed by atoms with Crippen LogP contribution in [0.25, 0.3) is 17.5 Å². The zero-order valence-electron chi connectivity index (χ0n) is 18.2. The van der Waals surface area contributed by atoms with Gasteiger partial charge in [-0.3, -0.25) is 0 Å². The van der Waals surface area contributed by atoms with Crippen LogP contribution in [-0.2, 0) is 17.7 Å². The highest BCUT2D eigenvalue weighted by molar-refractivity contribution is 5.67. The zero-order chi connectivity index (χ0) is 21.8. The van der Waals surface area contributed by atoms with Gasteiger partial charge in [-0.2, -0.15) is 5.10 Å². The Morgan fingerprint density at radius 3 is 2.52 bits per heavy atom. The number of rotatable bonds is 6. The van der Waals surface area contributed by atoms with Gasteiger partial charge in [-0.1, -0.05) is 33.4 Å². The number of hydrogen-bond donors (Lipinski definition) is 1. The smallest absolute Gasteiger partial charge is 0.407 e. The summed E-state index contributed by atoms with van der Waals surface area (Å²) >= 11 is 0. The molecule has 1 aromatic carbocycles. The van der Waals surface area contributed by atoms with Gasteiger partial charge < -0.3 is 10.1 Å². The largest absolute Gasteiger partial charge is 0.444 e. The number of halogens is 1. The highest BCUT2D eigenvalue weighted by atomic mass is 19.1. The molecule has 1 amide bonds. The van der Waals surface area contributed by atoms with E-state index in [-0.39, 0.29) is 11.2 Å². The Balaban J connectivity index is 2.26.